The zero-order valence-electron chi connectivity index (χ0n) is 7.87. The van der Waals surface area contributed by atoms with Gasteiger partial charge in [-0.15, -0.1) is 0 Å². The van der Waals surface area contributed by atoms with E-state index >= 15 is 0 Å². The van der Waals surface area contributed by atoms with Crippen LogP contribution in [0.3, 0.4) is 0 Å². The molecule has 2 rings (SSSR count). The molecule has 1 N–H and O–H groups in total. The lowest BCUT2D eigenvalue weighted by atomic mass is 9.89. The molecule has 0 bridgehead atoms. The number of hydrogen-bond acceptors (Lipinski definition) is 2. The maximum absolute atomic E-state index is 10.3. The van der Waals surface area contributed by atoms with Crippen molar-refractivity contribution in [3.05, 3.63) is 34.9 Å². The molecule has 1 aromatic carbocycles. The van der Waals surface area contributed by atoms with Crippen molar-refractivity contribution in [3.63, 3.8) is 0 Å². The van der Waals surface area contributed by atoms with E-state index in [1.165, 1.54) is 0 Å². The monoisotopic (exact) mass is 212 g/mol. The molecule has 1 unspecified atom stereocenters. The topological polar surface area (TPSA) is 29.5 Å². The minimum atomic E-state index is -0.817. The zero-order valence-corrected chi connectivity index (χ0v) is 8.63. The van der Waals surface area contributed by atoms with Crippen LogP contribution in [0.4, 0.5) is 0 Å². The molecule has 1 fully saturated rings. The number of benzene rings is 1. The van der Waals surface area contributed by atoms with E-state index in [9.17, 15) is 5.11 Å². The molecule has 1 saturated heterocycles. The molecule has 1 aliphatic heterocycles. The molecule has 2 nitrogen and oxygen atoms in total. The molecule has 14 heavy (non-hydrogen) atoms. The van der Waals surface area contributed by atoms with Crippen molar-refractivity contribution in [2.24, 2.45) is 0 Å². The molecule has 0 aromatic heterocycles. The summed E-state index contributed by atoms with van der Waals surface area (Å²) in [5.41, 5.74) is 0.0737. The van der Waals surface area contributed by atoms with E-state index in [0.717, 1.165) is 25.0 Å². The van der Waals surface area contributed by atoms with Gasteiger partial charge in [0.05, 0.1) is 6.61 Å². The van der Waals surface area contributed by atoms with Crippen molar-refractivity contribution < 1.29 is 9.84 Å². The van der Waals surface area contributed by atoms with E-state index in [1.54, 1.807) is 12.1 Å². The van der Waals surface area contributed by atoms with Crippen LogP contribution in [0.5, 0.6) is 0 Å². The van der Waals surface area contributed by atoms with Crippen molar-refractivity contribution in [1.82, 2.24) is 0 Å². The lowest BCUT2D eigenvalue weighted by Gasteiger charge is -2.32. The quantitative estimate of drug-likeness (QED) is 0.775. The highest BCUT2D eigenvalue weighted by atomic mass is 35.5. The number of aliphatic hydroxyl groups is 1. The Morgan fingerprint density at radius 1 is 1.29 bits per heavy atom. The molecule has 1 aliphatic rings. The highest BCUT2D eigenvalue weighted by molar-refractivity contribution is 6.30. The summed E-state index contributed by atoms with van der Waals surface area (Å²) in [7, 11) is 0. The van der Waals surface area contributed by atoms with Gasteiger partial charge in [-0.2, -0.15) is 0 Å². The molecule has 0 aliphatic carbocycles. The van der Waals surface area contributed by atoms with Crippen LogP contribution in [0.25, 0.3) is 0 Å². The van der Waals surface area contributed by atoms with Gasteiger partial charge in [0.15, 0.2) is 0 Å². The van der Waals surface area contributed by atoms with E-state index in [2.05, 4.69) is 0 Å². The lowest BCUT2D eigenvalue weighted by molar-refractivity contribution is -0.0902. The Kier molecular flexibility index (Phi) is 2.77. The first-order valence-corrected chi connectivity index (χ1v) is 5.15. The first-order valence-electron chi connectivity index (χ1n) is 4.77. The normalized spacial score (nSPS) is 27.6. The largest absolute Gasteiger partial charge is 0.383 e. The molecule has 3 heteroatoms. The number of halogens is 1. The number of hydrogen-bond donors (Lipinski definition) is 1. The Labute approximate surface area is 88.5 Å². The molecule has 1 aromatic rings. The summed E-state index contributed by atoms with van der Waals surface area (Å²) in [5, 5.41) is 11.0. The van der Waals surface area contributed by atoms with Crippen LogP contribution in [0.1, 0.15) is 18.4 Å². The van der Waals surface area contributed by atoms with Crippen molar-refractivity contribution in [3.8, 4) is 0 Å². The summed E-state index contributed by atoms with van der Waals surface area (Å²) in [6.07, 6.45) is 1.66. The minimum absolute atomic E-state index is 0.384. The van der Waals surface area contributed by atoms with E-state index in [4.69, 9.17) is 16.3 Å². The van der Waals surface area contributed by atoms with Crippen molar-refractivity contribution >= 4 is 11.6 Å². The molecule has 0 saturated carbocycles. The zero-order chi connectivity index (χ0) is 10.0. The third-order valence-electron chi connectivity index (χ3n) is 2.60. The van der Waals surface area contributed by atoms with Crippen LogP contribution in [0.15, 0.2) is 24.3 Å². The Hall–Kier alpha value is -0.570. The van der Waals surface area contributed by atoms with Gasteiger partial charge in [-0.3, -0.25) is 0 Å². The smallest absolute Gasteiger partial charge is 0.113 e. The van der Waals surface area contributed by atoms with E-state index in [1.807, 2.05) is 12.1 Å². The predicted molar refractivity (Wildman–Crippen MR) is 55.4 cm³/mol. The summed E-state index contributed by atoms with van der Waals surface area (Å²) in [4.78, 5) is 0. The summed E-state index contributed by atoms with van der Waals surface area (Å²) in [6, 6.07) is 7.31. The first kappa shape index (κ1) is 9.97. The second kappa shape index (κ2) is 3.89. The standard InChI is InChI=1S/C11H13ClO2/c12-10-4-2-9(3-5-10)11(13)6-1-7-14-8-11/h2-5,13H,1,6-8H2. The second-order valence-corrected chi connectivity index (χ2v) is 4.13. The van der Waals surface area contributed by atoms with Crippen molar-refractivity contribution in [2.75, 3.05) is 13.2 Å². The Morgan fingerprint density at radius 2 is 2.00 bits per heavy atom. The minimum Gasteiger partial charge on any atom is -0.383 e. The molecular weight excluding hydrogens is 200 g/mol. The molecular formula is C11H13ClO2. The van der Waals surface area contributed by atoms with Crippen molar-refractivity contribution in [2.45, 2.75) is 18.4 Å². The van der Waals surface area contributed by atoms with Gasteiger partial charge in [-0.1, -0.05) is 23.7 Å². The molecule has 0 spiro atoms. The Morgan fingerprint density at radius 3 is 2.57 bits per heavy atom. The summed E-state index contributed by atoms with van der Waals surface area (Å²) in [6.45, 7) is 1.13. The summed E-state index contributed by atoms with van der Waals surface area (Å²) < 4.78 is 5.29. The summed E-state index contributed by atoms with van der Waals surface area (Å²) in [5.74, 6) is 0. The van der Waals surface area contributed by atoms with Crippen molar-refractivity contribution in [1.29, 1.82) is 0 Å². The van der Waals surface area contributed by atoms with Gasteiger partial charge in [0.25, 0.3) is 0 Å². The van der Waals surface area contributed by atoms with Crippen LogP contribution in [0.2, 0.25) is 5.02 Å². The average Bonchev–Trinajstić information content (AvgIpc) is 2.19. The molecule has 1 atom stereocenters. The van der Waals surface area contributed by atoms with E-state index in [-0.39, 0.29) is 0 Å². The van der Waals surface area contributed by atoms with Gasteiger partial charge >= 0.3 is 0 Å². The molecule has 0 amide bonds. The molecule has 0 radical (unpaired) electrons. The van der Waals surface area contributed by atoms with E-state index < -0.39 is 5.60 Å². The SMILES string of the molecule is OC1(c2ccc(Cl)cc2)CCCOC1. The van der Waals surface area contributed by atoms with Crippen LogP contribution < -0.4 is 0 Å². The average molecular weight is 213 g/mol. The first-order chi connectivity index (χ1) is 6.71. The highest BCUT2D eigenvalue weighted by Crippen LogP contribution is 2.30. The predicted octanol–water partition coefficient (Wildman–Crippen LogP) is 2.34. The number of ether oxygens (including phenoxy) is 1. The Bertz CT molecular complexity index is 302. The van der Waals surface area contributed by atoms with Gasteiger partial charge < -0.3 is 9.84 Å². The lowest BCUT2D eigenvalue weighted by Crippen LogP contribution is -2.35. The second-order valence-electron chi connectivity index (χ2n) is 3.69. The molecule has 76 valence electrons. The van der Waals surface area contributed by atoms with Gasteiger partial charge in [-0.25, -0.2) is 0 Å². The third-order valence-corrected chi connectivity index (χ3v) is 2.85. The fraction of sp³-hybridized carbons (Fsp3) is 0.455. The third kappa shape index (κ3) is 1.92. The van der Waals surface area contributed by atoms with Crippen LogP contribution in [-0.2, 0) is 10.3 Å². The summed E-state index contributed by atoms with van der Waals surface area (Å²) >= 11 is 5.78. The van der Waals surface area contributed by atoms with Gasteiger partial charge in [0.1, 0.15) is 5.60 Å². The van der Waals surface area contributed by atoms with Crippen LogP contribution in [0, 0.1) is 0 Å². The maximum atomic E-state index is 10.3. The van der Waals surface area contributed by atoms with Gasteiger partial charge in [0, 0.05) is 11.6 Å². The van der Waals surface area contributed by atoms with E-state index in [0.29, 0.717) is 11.6 Å². The fourth-order valence-electron chi connectivity index (χ4n) is 1.77. The highest BCUT2D eigenvalue weighted by Gasteiger charge is 2.31. The van der Waals surface area contributed by atoms with Crippen LogP contribution in [-0.4, -0.2) is 18.3 Å². The van der Waals surface area contributed by atoms with Gasteiger partial charge in [0.2, 0.25) is 0 Å². The fourth-order valence-corrected chi connectivity index (χ4v) is 1.89. The van der Waals surface area contributed by atoms with Gasteiger partial charge in [-0.05, 0) is 30.5 Å². The Balaban J connectivity index is 2.23. The number of rotatable bonds is 1. The molecule has 1 heterocycles. The van der Waals surface area contributed by atoms with Crippen LogP contribution >= 0.6 is 11.6 Å². The maximum Gasteiger partial charge on any atom is 0.113 e.